The molecule has 0 aliphatic carbocycles. The molecule has 1 aliphatic rings. The number of aliphatic imine (C=N–C) groups is 1. The third-order valence-corrected chi connectivity index (χ3v) is 3.48. The number of nitrogens with two attached hydrogens (primary N) is 1. The first-order valence-electron chi connectivity index (χ1n) is 4.42. The first-order chi connectivity index (χ1) is 6.66. The van der Waals surface area contributed by atoms with Crippen LogP contribution in [-0.2, 0) is 0 Å². The predicted molar refractivity (Wildman–Crippen MR) is 57.8 cm³/mol. The Hall–Kier alpha value is -1.03. The molecule has 74 valence electrons. The van der Waals surface area contributed by atoms with Gasteiger partial charge in [-0.05, 0) is 24.6 Å². The highest BCUT2D eigenvalue weighted by molar-refractivity contribution is 8.14. The molecule has 0 fully saturated rings. The van der Waals surface area contributed by atoms with Gasteiger partial charge in [0, 0.05) is 0 Å². The Bertz CT molecular complexity index is 361. The van der Waals surface area contributed by atoms with Crippen LogP contribution < -0.4 is 5.73 Å². The van der Waals surface area contributed by atoms with E-state index in [1.807, 2.05) is 6.92 Å². The molecule has 2 rings (SSSR count). The molecular weight excluding hydrogens is 199 g/mol. The number of halogens is 1. The van der Waals surface area contributed by atoms with Crippen molar-refractivity contribution < 1.29 is 4.39 Å². The van der Waals surface area contributed by atoms with Gasteiger partial charge in [0.25, 0.3) is 0 Å². The molecule has 0 saturated heterocycles. The summed E-state index contributed by atoms with van der Waals surface area (Å²) in [5.41, 5.74) is 6.70. The fourth-order valence-electron chi connectivity index (χ4n) is 1.53. The number of rotatable bonds is 1. The summed E-state index contributed by atoms with van der Waals surface area (Å²) in [4.78, 5) is 4.23. The summed E-state index contributed by atoms with van der Waals surface area (Å²) in [5.74, 6) is -0.210. The fraction of sp³-hybridized carbons (Fsp3) is 0.300. The number of benzene rings is 1. The highest BCUT2D eigenvalue weighted by atomic mass is 32.2. The largest absolute Gasteiger partial charge is 0.379 e. The Kier molecular flexibility index (Phi) is 2.46. The van der Waals surface area contributed by atoms with Gasteiger partial charge >= 0.3 is 0 Å². The first kappa shape index (κ1) is 9.52. The molecule has 0 radical (unpaired) electrons. The van der Waals surface area contributed by atoms with Gasteiger partial charge in [0.15, 0.2) is 5.17 Å². The lowest BCUT2D eigenvalue weighted by Crippen LogP contribution is -2.04. The van der Waals surface area contributed by atoms with Crippen LogP contribution in [0, 0.1) is 5.82 Å². The molecule has 1 unspecified atom stereocenters. The summed E-state index contributed by atoms with van der Waals surface area (Å²) < 4.78 is 12.7. The monoisotopic (exact) mass is 210 g/mol. The first-order valence-corrected chi connectivity index (χ1v) is 5.30. The molecule has 2 nitrogen and oxygen atoms in total. The van der Waals surface area contributed by atoms with E-state index in [1.165, 1.54) is 23.9 Å². The third kappa shape index (κ3) is 1.75. The second-order valence-electron chi connectivity index (χ2n) is 3.30. The number of hydrogen-bond donors (Lipinski definition) is 1. The molecule has 2 N–H and O–H groups in total. The van der Waals surface area contributed by atoms with E-state index in [-0.39, 0.29) is 17.1 Å². The molecule has 0 aromatic heterocycles. The van der Waals surface area contributed by atoms with Gasteiger partial charge in [-0.15, -0.1) is 0 Å². The minimum Gasteiger partial charge on any atom is -0.379 e. The van der Waals surface area contributed by atoms with Crippen molar-refractivity contribution in [1.29, 1.82) is 0 Å². The summed E-state index contributed by atoms with van der Waals surface area (Å²) in [7, 11) is 0. The van der Waals surface area contributed by atoms with E-state index in [9.17, 15) is 4.39 Å². The second-order valence-corrected chi connectivity index (χ2v) is 4.46. The average Bonchev–Trinajstić information content (AvgIpc) is 2.47. The van der Waals surface area contributed by atoms with Crippen LogP contribution in [0.1, 0.15) is 17.7 Å². The van der Waals surface area contributed by atoms with E-state index >= 15 is 0 Å². The van der Waals surface area contributed by atoms with Crippen LogP contribution in [0.15, 0.2) is 29.3 Å². The highest BCUT2D eigenvalue weighted by Gasteiger charge is 2.26. The zero-order chi connectivity index (χ0) is 10.1. The lowest BCUT2D eigenvalue weighted by molar-refractivity contribution is 0.626. The predicted octanol–water partition coefficient (Wildman–Crippen LogP) is 2.32. The maximum absolute atomic E-state index is 12.7. The van der Waals surface area contributed by atoms with Crippen molar-refractivity contribution >= 4 is 16.9 Å². The van der Waals surface area contributed by atoms with Crippen molar-refractivity contribution in [3.8, 4) is 0 Å². The standard InChI is InChI=1S/C10H11FN2S/c1-6-9(14-10(12)13-6)7-2-4-8(11)5-3-7/h2-6,9H,1H3,(H2,12,13)/t6-,9?/m1/s1. The van der Waals surface area contributed by atoms with Crippen LogP contribution in [0.5, 0.6) is 0 Å². The van der Waals surface area contributed by atoms with Crippen LogP contribution in [0.25, 0.3) is 0 Å². The van der Waals surface area contributed by atoms with Crippen molar-refractivity contribution in [2.24, 2.45) is 10.7 Å². The molecule has 1 aliphatic heterocycles. The van der Waals surface area contributed by atoms with Gasteiger partial charge in [0.2, 0.25) is 0 Å². The topological polar surface area (TPSA) is 38.4 Å². The minimum absolute atomic E-state index is 0.172. The van der Waals surface area contributed by atoms with Crippen LogP contribution in [0.3, 0.4) is 0 Å². The number of thioether (sulfide) groups is 1. The minimum atomic E-state index is -0.210. The van der Waals surface area contributed by atoms with Gasteiger partial charge in [-0.2, -0.15) is 0 Å². The molecule has 0 amide bonds. The third-order valence-electron chi connectivity index (χ3n) is 2.22. The van der Waals surface area contributed by atoms with E-state index in [2.05, 4.69) is 4.99 Å². The number of nitrogens with zero attached hydrogens (tertiary/aromatic N) is 1. The van der Waals surface area contributed by atoms with Crippen LogP contribution in [-0.4, -0.2) is 11.2 Å². The van der Waals surface area contributed by atoms with Gasteiger partial charge < -0.3 is 5.73 Å². The zero-order valence-electron chi connectivity index (χ0n) is 7.77. The summed E-state index contributed by atoms with van der Waals surface area (Å²) >= 11 is 1.54. The lowest BCUT2D eigenvalue weighted by Gasteiger charge is -2.12. The summed E-state index contributed by atoms with van der Waals surface area (Å²) in [6, 6.07) is 6.69. The molecule has 0 saturated carbocycles. The molecule has 14 heavy (non-hydrogen) atoms. The van der Waals surface area contributed by atoms with Crippen molar-refractivity contribution in [2.75, 3.05) is 0 Å². The quantitative estimate of drug-likeness (QED) is 0.772. The van der Waals surface area contributed by atoms with E-state index in [0.29, 0.717) is 5.17 Å². The van der Waals surface area contributed by atoms with Gasteiger partial charge in [-0.25, -0.2) is 4.39 Å². The zero-order valence-corrected chi connectivity index (χ0v) is 8.59. The number of hydrogen-bond acceptors (Lipinski definition) is 3. The summed E-state index contributed by atoms with van der Waals surface area (Å²) in [5, 5.41) is 0.849. The maximum atomic E-state index is 12.7. The fourth-order valence-corrected chi connectivity index (χ4v) is 2.56. The molecule has 1 aromatic rings. The van der Waals surface area contributed by atoms with Gasteiger partial charge in [-0.3, -0.25) is 4.99 Å². The molecule has 1 heterocycles. The van der Waals surface area contributed by atoms with Gasteiger partial charge in [0.05, 0.1) is 11.3 Å². The Morgan fingerprint density at radius 1 is 1.36 bits per heavy atom. The smallest absolute Gasteiger partial charge is 0.154 e. The van der Waals surface area contributed by atoms with Crippen LogP contribution in [0.2, 0.25) is 0 Å². The Labute approximate surface area is 86.4 Å². The summed E-state index contributed by atoms with van der Waals surface area (Å²) in [6.45, 7) is 2.01. The van der Waals surface area contributed by atoms with Crippen molar-refractivity contribution in [2.45, 2.75) is 18.2 Å². The molecule has 2 atom stereocenters. The Morgan fingerprint density at radius 2 is 2.00 bits per heavy atom. The Morgan fingerprint density at radius 3 is 2.50 bits per heavy atom. The Balaban J connectivity index is 2.21. The van der Waals surface area contributed by atoms with Gasteiger partial charge in [0.1, 0.15) is 5.82 Å². The molecule has 4 heteroatoms. The van der Waals surface area contributed by atoms with Crippen LogP contribution >= 0.6 is 11.8 Å². The van der Waals surface area contributed by atoms with E-state index in [0.717, 1.165) is 5.56 Å². The lowest BCUT2D eigenvalue weighted by atomic mass is 10.1. The highest BCUT2D eigenvalue weighted by Crippen LogP contribution is 2.38. The van der Waals surface area contributed by atoms with E-state index in [1.54, 1.807) is 12.1 Å². The molecule has 0 bridgehead atoms. The molecule has 0 spiro atoms. The van der Waals surface area contributed by atoms with Crippen LogP contribution in [0.4, 0.5) is 4.39 Å². The maximum Gasteiger partial charge on any atom is 0.154 e. The van der Waals surface area contributed by atoms with Crippen molar-refractivity contribution in [3.63, 3.8) is 0 Å². The van der Waals surface area contributed by atoms with E-state index < -0.39 is 0 Å². The molecular formula is C10H11FN2S. The molecule has 1 aromatic carbocycles. The van der Waals surface area contributed by atoms with Crippen molar-refractivity contribution in [3.05, 3.63) is 35.6 Å². The summed E-state index contributed by atoms with van der Waals surface area (Å²) in [6.07, 6.45) is 0. The van der Waals surface area contributed by atoms with E-state index in [4.69, 9.17) is 5.73 Å². The number of amidine groups is 1. The average molecular weight is 210 g/mol. The van der Waals surface area contributed by atoms with Gasteiger partial charge in [-0.1, -0.05) is 23.9 Å². The normalized spacial score (nSPS) is 26.3. The second kappa shape index (κ2) is 3.61. The SMILES string of the molecule is C[C@H]1N=C(N)SC1c1ccc(F)cc1. The van der Waals surface area contributed by atoms with Crippen molar-refractivity contribution in [1.82, 2.24) is 0 Å².